The number of rotatable bonds is 5. The number of nitrogens with zero attached hydrogens (tertiary/aromatic N) is 1. The summed E-state index contributed by atoms with van der Waals surface area (Å²) in [6.45, 7) is 2.04. The van der Waals surface area contributed by atoms with Crippen molar-refractivity contribution in [3.63, 3.8) is 0 Å². The Morgan fingerprint density at radius 3 is 2.90 bits per heavy atom. The highest BCUT2D eigenvalue weighted by Gasteiger charge is 2.04. The van der Waals surface area contributed by atoms with Crippen LogP contribution in [-0.2, 0) is 11.3 Å². The fourth-order valence-electron chi connectivity index (χ4n) is 1.57. The Hall–Kier alpha value is -1.88. The second-order valence-electron chi connectivity index (χ2n) is 4.32. The summed E-state index contributed by atoms with van der Waals surface area (Å²) in [5.41, 5.74) is 1.36. The van der Waals surface area contributed by atoms with Crippen LogP contribution in [0.25, 0.3) is 0 Å². The molecule has 0 spiro atoms. The zero-order valence-electron chi connectivity index (χ0n) is 11.1. The van der Waals surface area contributed by atoms with Gasteiger partial charge in [-0.2, -0.15) is 0 Å². The smallest absolute Gasteiger partial charge is 0.230 e. The fourth-order valence-corrected chi connectivity index (χ4v) is 2.26. The SMILES string of the molecule is Cc1ccc(CNC(=O)CSc2ccccn2)cc1F. The summed E-state index contributed by atoms with van der Waals surface area (Å²) >= 11 is 1.37. The molecule has 1 amide bonds. The maximum absolute atomic E-state index is 13.3. The van der Waals surface area contributed by atoms with Crippen LogP contribution in [0, 0.1) is 12.7 Å². The number of aromatic nitrogens is 1. The summed E-state index contributed by atoms with van der Waals surface area (Å²) in [5.74, 6) is -0.0491. The van der Waals surface area contributed by atoms with Crippen molar-refractivity contribution in [1.29, 1.82) is 0 Å². The van der Waals surface area contributed by atoms with E-state index >= 15 is 0 Å². The second kappa shape index (κ2) is 7.05. The third-order valence-electron chi connectivity index (χ3n) is 2.71. The van der Waals surface area contributed by atoms with Crippen LogP contribution in [0.1, 0.15) is 11.1 Å². The van der Waals surface area contributed by atoms with Gasteiger partial charge in [0.2, 0.25) is 5.91 Å². The largest absolute Gasteiger partial charge is 0.351 e. The third kappa shape index (κ3) is 4.35. The van der Waals surface area contributed by atoms with E-state index in [2.05, 4.69) is 10.3 Å². The molecule has 3 nitrogen and oxygen atoms in total. The van der Waals surface area contributed by atoms with Gasteiger partial charge < -0.3 is 5.32 Å². The molecule has 0 aliphatic rings. The van der Waals surface area contributed by atoms with Crippen LogP contribution in [0.3, 0.4) is 0 Å². The van der Waals surface area contributed by atoms with Crippen LogP contribution in [-0.4, -0.2) is 16.6 Å². The van der Waals surface area contributed by atoms with Gasteiger partial charge in [0, 0.05) is 12.7 Å². The Morgan fingerprint density at radius 1 is 1.35 bits per heavy atom. The summed E-state index contributed by atoms with van der Waals surface area (Å²) < 4.78 is 13.3. The van der Waals surface area contributed by atoms with Crippen molar-refractivity contribution in [2.45, 2.75) is 18.5 Å². The van der Waals surface area contributed by atoms with Crippen molar-refractivity contribution in [3.8, 4) is 0 Å². The standard InChI is InChI=1S/C15H15FN2OS/c1-11-5-6-12(8-13(11)16)9-18-14(19)10-20-15-4-2-3-7-17-15/h2-8H,9-10H2,1H3,(H,18,19). The topological polar surface area (TPSA) is 42.0 Å². The molecule has 0 fully saturated rings. The molecule has 0 radical (unpaired) electrons. The lowest BCUT2D eigenvalue weighted by Crippen LogP contribution is -2.24. The molecule has 0 saturated heterocycles. The Kier molecular flexibility index (Phi) is 5.12. The van der Waals surface area contributed by atoms with Gasteiger partial charge in [0.1, 0.15) is 5.82 Å². The number of benzene rings is 1. The van der Waals surface area contributed by atoms with Crippen LogP contribution in [0.15, 0.2) is 47.6 Å². The lowest BCUT2D eigenvalue weighted by Gasteiger charge is -2.06. The first-order chi connectivity index (χ1) is 9.65. The maximum atomic E-state index is 13.3. The van der Waals surface area contributed by atoms with Gasteiger partial charge in [0.25, 0.3) is 0 Å². The van der Waals surface area contributed by atoms with E-state index in [0.717, 1.165) is 10.6 Å². The molecule has 0 unspecified atom stereocenters. The minimum Gasteiger partial charge on any atom is -0.351 e. The molecule has 0 bridgehead atoms. The average Bonchev–Trinajstić information content (AvgIpc) is 2.47. The van der Waals surface area contributed by atoms with E-state index in [0.29, 0.717) is 17.9 Å². The van der Waals surface area contributed by atoms with Crippen LogP contribution in [0.5, 0.6) is 0 Å². The van der Waals surface area contributed by atoms with Crippen LogP contribution in [0.4, 0.5) is 4.39 Å². The number of hydrogen-bond acceptors (Lipinski definition) is 3. The van der Waals surface area contributed by atoms with E-state index in [9.17, 15) is 9.18 Å². The van der Waals surface area contributed by atoms with Crippen molar-refractivity contribution in [3.05, 3.63) is 59.5 Å². The van der Waals surface area contributed by atoms with Crippen LogP contribution < -0.4 is 5.32 Å². The molecule has 2 rings (SSSR count). The number of amides is 1. The zero-order chi connectivity index (χ0) is 14.4. The molecule has 104 valence electrons. The van der Waals surface area contributed by atoms with Crippen molar-refractivity contribution >= 4 is 17.7 Å². The van der Waals surface area contributed by atoms with Crippen molar-refractivity contribution in [2.75, 3.05) is 5.75 Å². The van der Waals surface area contributed by atoms with Crippen molar-refractivity contribution in [1.82, 2.24) is 10.3 Å². The molecule has 20 heavy (non-hydrogen) atoms. The van der Waals surface area contributed by atoms with Gasteiger partial charge in [-0.15, -0.1) is 0 Å². The number of nitrogens with one attached hydrogen (secondary N) is 1. The predicted molar refractivity (Wildman–Crippen MR) is 77.9 cm³/mol. The highest BCUT2D eigenvalue weighted by atomic mass is 32.2. The molecule has 1 heterocycles. The minimum absolute atomic E-state index is 0.0957. The Bertz CT molecular complexity index is 590. The molecule has 0 atom stereocenters. The van der Waals surface area contributed by atoms with E-state index in [-0.39, 0.29) is 11.7 Å². The van der Waals surface area contributed by atoms with E-state index in [1.807, 2.05) is 24.3 Å². The monoisotopic (exact) mass is 290 g/mol. The van der Waals surface area contributed by atoms with Gasteiger partial charge in [-0.1, -0.05) is 30.0 Å². The quantitative estimate of drug-likeness (QED) is 0.861. The van der Waals surface area contributed by atoms with Crippen molar-refractivity contribution in [2.24, 2.45) is 0 Å². The number of carbonyl (C=O) groups excluding carboxylic acids is 1. The normalized spacial score (nSPS) is 10.3. The number of carbonyl (C=O) groups is 1. The summed E-state index contributed by atoms with van der Waals surface area (Å²) in [6, 6.07) is 10.5. The number of pyridine rings is 1. The van der Waals surface area contributed by atoms with Gasteiger partial charge in [0.15, 0.2) is 0 Å². The molecule has 1 N–H and O–H groups in total. The first-order valence-electron chi connectivity index (χ1n) is 6.21. The molecule has 2 aromatic rings. The average molecular weight is 290 g/mol. The van der Waals surface area contributed by atoms with E-state index < -0.39 is 0 Å². The first-order valence-corrected chi connectivity index (χ1v) is 7.19. The number of thioether (sulfide) groups is 1. The Morgan fingerprint density at radius 2 is 2.20 bits per heavy atom. The summed E-state index contributed by atoms with van der Waals surface area (Å²) in [4.78, 5) is 15.8. The lowest BCUT2D eigenvalue weighted by atomic mass is 10.1. The zero-order valence-corrected chi connectivity index (χ0v) is 11.9. The highest BCUT2D eigenvalue weighted by Crippen LogP contribution is 2.13. The molecule has 0 aliphatic carbocycles. The number of halogens is 1. The van der Waals surface area contributed by atoms with Crippen LogP contribution in [0.2, 0.25) is 0 Å². The minimum atomic E-state index is -0.250. The summed E-state index contributed by atoms with van der Waals surface area (Å²) in [5, 5.41) is 3.57. The molecular weight excluding hydrogens is 275 g/mol. The van der Waals surface area contributed by atoms with Gasteiger partial charge in [-0.25, -0.2) is 9.37 Å². The third-order valence-corrected chi connectivity index (χ3v) is 3.66. The highest BCUT2D eigenvalue weighted by molar-refractivity contribution is 7.99. The van der Waals surface area contributed by atoms with E-state index in [1.165, 1.54) is 17.8 Å². The molecule has 1 aromatic heterocycles. The summed E-state index contributed by atoms with van der Waals surface area (Å²) in [6.07, 6.45) is 1.69. The number of hydrogen-bond donors (Lipinski definition) is 1. The van der Waals surface area contributed by atoms with Gasteiger partial charge in [0.05, 0.1) is 10.8 Å². The van der Waals surface area contributed by atoms with Crippen molar-refractivity contribution < 1.29 is 9.18 Å². The van der Waals surface area contributed by atoms with Gasteiger partial charge >= 0.3 is 0 Å². The van der Waals surface area contributed by atoms with E-state index in [4.69, 9.17) is 0 Å². The Balaban J connectivity index is 1.79. The first kappa shape index (κ1) is 14.5. The van der Waals surface area contributed by atoms with Gasteiger partial charge in [-0.05, 0) is 36.2 Å². The molecule has 0 saturated carbocycles. The number of aryl methyl sites for hydroxylation is 1. The molecule has 5 heteroatoms. The lowest BCUT2D eigenvalue weighted by molar-refractivity contribution is -0.118. The van der Waals surface area contributed by atoms with E-state index in [1.54, 1.807) is 19.2 Å². The molecule has 0 aliphatic heterocycles. The van der Waals surface area contributed by atoms with Gasteiger partial charge in [-0.3, -0.25) is 4.79 Å². The fraction of sp³-hybridized carbons (Fsp3) is 0.200. The Labute approximate surface area is 121 Å². The van der Waals surface area contributed by atoms with Crippen LogP contribution >= 0.6 is 11.8 Å². The predicted octanol–water partition coefficient (Wildman–Crippen LogP) is 2.94. The molecule has 1 aromatic carbocycles. The maximum Gasteiger partial charge on any atom is 0.230 e. The second-order valence-corrected chi connectivity index (χ2v) is 5.31. The summed E-state index contributed by atoms with van der Waals surface area (Å²) in [7, 11) is 0. The molecular formula is C15H15FN2OS.